The van der Waals surface area contributed by atoms with E-state index in [4.69, 9.17) is 16.3 Å². The first kappa shape index (κ1) is 21.2. The zero-order chi connectivity index (χ0) is 16.7. The topological polar surface area (TPSA) is 50.4 Å². The minimum absolute atomic E-state index is 0. The first-order chi connectivity index (χ1) is 11.1. The first-order valence-corrected chi connectivity index (χ1v) is 8.73. The van der Waals surface area contributed by atoms with Crippen LogP contribution in [0.3, 0.4) is 0 Å². The quantitative estimate of drug-likeness (QED) is 0.766. The van der Waals surface area contributed by atoms with E-state index in [1.807, 2.05) is 24.3 Å². The van der Waals surface area contributed by atoms with Gasteiger partial charge < -0.3 is 15.4 Å². The third-order valence-corrected chi connectivity index (χ3v) is 4.92. The van der Waals surface area contributed by atoms with Crippen molar-refractivity contribution < 1.29 is 9.53 Å². The van der Waals surface area contributed by atoms with Crippen LogP contribution in [0.1, 0.15) is 37.9 Å². The average Bonchev–Trinajstić information content (AvgIpc) is 2.56. The highest BCUT2D eigenvalue weighted by Crippen LogP contribution is 2.24. The summed E-state index contributed by atoms with van der Waals surface area (Å²) in [4.78, 5) is 12.2. The van der Waals surface area contributed by atoms with Gasteiger partial charge in [0.1, 0.15) is 0 Å². The Morgan fingerprint density at radius 2 is 2.12 bits per heavy atom. The van der Waals surface area contributed by atoms with E-state index in [1.54, 1.807) is 7.11 Å². The zero-order valence-electron chi connectivity index (χ0n) is 14.4. The van der Waals surface area contributed by atoms with Gasteiger partial charge >= 0.3 is 0 Å². The van der Waals surface area contributed by atoms with Crippen LogP contribution in [-0.2, 0) is 9.53 Å². The summed E-state index contributed by atoms with van der Waals surface area (Å²) in [6.07, 6.45) is 2.73. The molecule has 0 radical (unpaired) electrons. The minimum atomic E-state index is -0.174. The van der Waals surface area contributed by atoms with E-state index in [-0.39, 0.29) is 24.4 Å². The number of hydrogen-bond acceptors (Lipinski definition) is 3. The fourth-order valence-electron chi connectivity index (χ4n) is 3.20. The van der Waals surface area contributed by atoms with Crippen LogP contribution in [0.4, 0.5) is 0 Å². The van der Waals surface area contributed by atoms with E-state index in [2.05, 4.69) is 17.6 Å². The lowest BCUT2D eigenvalue weighted by Crippen LogP contribution is -2.34. The van der Waals surface area contributed by atoms with Crippen molar-refractivity contribution in [2.75, 3.05) is 26.7 Å². The molecule has 1 saturated heterocycles. The monoisotopic (exact) mass is 374 g/mol. The number of ether oxygens (including phenoxy) is 1. The summed E-state index contributed by atoms with van der Waals surface area (Å²) < 4.78 is 5.48. The van der Waals surface area contributed by atoms with Gasteiger partial charge in [-0.2, -0.15) is 0 Å². The van der Waals surface area contributed by atoms with Gasteiger partial charge in [0.2, 0.25) is 5.91 Å². The summed E-state index contributed by atoms with van der Waals surface area (Å²) in [5.41, 5.74) is 0.978. The molecular weight excluding hydrogens is 347 g/mol. The summed E-state index contributed by atoms with van der Waals surface area (Å²) in [5, 5.41) is 7.04. The fraction of sp³-hybridized carbons (Fsp3) is 0.611. The molecular formula is C18H28Cl2N2O2. The number of hydrogen-bond donors (Lipinski definition) is 2. The summed E-state index contributed by atoms with van der Waals surface area (Å²) >= 11 is 6.02. The van der Waals surface area contributed by atoms with Crippen LogP contribution in [0.5, 0.6) is 0 Å². The third-order valence-electron chi connectivity index (χ3n) is 4.69. The van der Waals surface area contributed by atoms with Crippen molar-refractivity contribution in [1.82, 2.24) is 10.6 Å². The Labute approximate surface area is 156 Å². The second kappa shape index (κ2) is 10.9. The van der Waals surface area contributed by atoms with Crippen molar-refractivity contribution in [3.63, 3.8) is 0 Å². The van der Waals surface area contributed by atoms with Crippen LogP contribution >= 0.6 is 24.0 Å². The Hall–Kier alpha value is -0.810. The lowest BCUT2D eigenvalue weighted by Gasteiger charge is -2.28. The molecule has 2 N–H and O–H groups in total. The van der Waals surface area contributed by atoms with Crippen molar-refractivity contribution in [3.8, 4) is 0 Å². The molecule has 4 nitrogen and oxygen atoms in total. The molecule has 1 aromatic carbocycles. The summed E-state index contributed by atoms with van der Waals surface area (Å²) in [6, 6.07) is 7.56. The van der Waals surface area contributed by atoms with E-state index in [1.165, 1.54) is 0 Å². The predicted molar refractivity (Wildman–Crippen MR) is 101 cm³/mol. The Kier molecular flexibility index (Phi) is 9.67. The van der Waals surface area contributed by atoms with Crippen LogP contribution in [-0.4, -0.2) is 32.7 Å². The molecule has 2 unspecified atom stereocenters. The smallest absolute Gasteiger partial charge is 0.220 e. The molecule has 1 heterocycles. The number of halogens is 2. The normalized spacial score (nSPS) is 17.6. The van der Waals surface area contributed by atoms with E-state index in [0.29, 0.717) is 29.8 Å². The van der Waals surface area contributed by atoms with Crippen molar-refractivity contribution in [2.45, 2.75) is 32.3 Å². The molecule has 0 spiro atoms. The van der Waals surface area contributed by atoms with Crippen LogP contribution in [0.15, 0.2) is 24.3 Å². The number of rotatable bonds is 7. The highest BCUT2D eigenvalue weighted by Gasteiger charge is 2.22. The Morgan fingerprint density at radius 1 is 1.42 bits per heavy atom. The molecule has 2 atom stereocenters. The van der Waals surface area contributed by atoms with Gasteiger partial charge in [0.25, 0.3) is 0 Å². The second-order valence-electron chi connectivity index (χ2n) is 6.35. The highest BCUT2D eigenvalue weighted by molar-refractivity contribution is 6.30. The van der Waals surface area contributed by atoms with Gasteiger partial charge in [-0.25, -0.2) is 0 Å². The molecule has 0 aliphatic carbocycles. The molecule has 6 heteroatoms. The number of carbonyl (C=O) groups is 1. The fourth-order valence-corrected chi connectivity index (χ4v) is 3.39. The maximum absolute atomic E-state index is 12.2. The van der Waals surface area contributed by atoms with Crippen molar-refractivity contribution in [3.05, 3.63) is 34.9 Å². The van der Waals surface area contributed by atoms with Crippen molar-refractivity contribution >= 4 is 29.9 Å². The van der Waals surface area contributed by atoms with Gasteiger partial charge in [0, 0.05) is 25.1 Å². The van der Waals surface area contributed by atoms with Crippen LogP contribution in [0.25, 0.3) is 0 Å². The molecule has 24 heavy (non-hydrogen) atoms. The average molecular weight is 375 g/mol. The summed E-state index contributed by atoms with van der Waals surface area (Å²) in [6.45, 7) is 4.78. The van der Waals surface area contributed by atoms with E-state index >= 15 is 0 Å². The number of benzene rings is 1. The van der Waals surface area contributed by atoms with Gasteiger partial charge in [0.15, 0.2) is 0 Å². The maximum Gasteiger partial charge on any atom is 0.220 e. The van der Waals surface area contributed by atoms with Gasteiger partial charge in [-0.05, 0) is 55.5 Å². The predicted octanol–water partition coefficient (Wildman–Crippen LogP) is 3.59. The molecule has 1 aromatic rings. The first-order valence-electron chi connectivity index (χ1n) is 8.35. The van der Waals surface area contributed by atoms with Gasteiger partial charge in [0.05, 0.1) is 6.10 Å². The Balaban J connectivity index is 0.00000288. The largest absolute Gasteiger partial charge is 0.375 e. The van der Waals surface area contributed by atoms with Crippen LogP contribution < -0.4 is 10.6 Å². The SMILES string of the molecule is COC(CNC(=O)CC(C)C1CCNCC1)c1cccc(Cl)c1.Cl. The molecule has 0 aromatic heterocycles. The molecule has 1 fully saturated rings. The van der Waals surface area contributed by atoms with Gasteiger partial charge in [-0.15, -0.1) is 12.4 Å². The number of methoxy groups -OCH3 is 1. The van der Waals surface area contributed by atoms with Crippen molar-refractivity contribution in [1.29, 1.82) is 0 Å². The lowest BCUT2D eigenvalue weighted by atomic mass is 9.84. The molecule has 0 saturated carbocycles. The molecule has 1 amide bonds. The van der Waals surface area contributed by atoms with Crippen molar-refractivity contribution in [2.24, 2.45) is 11.8 Å². The van der Waals surface area contributed by atoms with Crippen LogP contribution in [0.2, 0.25) is 5.02 Å². The van der Waals surface area contributed by atoms with E-state index in [9.17, 15) is 4.79 Å². The Bertz CT molecular complexity index is 508. The number of piperidine rings is 1. The summed E-state index contributed by atoms with van der Waals surface area (Å²) in [5.74, 6) is 1.16. The standard InChI is InChI=1S/C18H27ClN2O2.ClH/c1-13(14-6-8-20-9-7-14)10-18(22)21-12-17(23-2)15-4-3-5-16(19)11-15;/h3-5,11,13-14,17,20H,6-10,12H2,1-2H3,(H,21,22);1H. The highest BCUT2D eigenvalue weighted by atomic mass is 35.5. The number of amides is 1. The zero-order valence-corrected chi connectivity index (χ0v) is 16.0. The molecule has 1 aliphatic heterocycles. The lowest BCUT2D eigenvalue weighted by molar-refractivity contribution is -0.122. The maximum atomic E-state index is 12.2. The van der Waals surface area contributed by atoms with Gasteiger partial charge in [-0.1, -0.05) is 30.7 Å². The van der Waals surface area contributed by atoms with Gasteiger partial charge in [-0.3, -0.25) is 4.79 Å². The molecule has 136 valence electrons. The van der Waals surface area contributed by atoms with E-state index < -0.39 is 0 Å². The number of nitrogens with one attached hydrogen (secondary N) is 2. The second-order valence-corrected chi connectivity index (χ2v) is 6.79. The molecule has 0 bridgehead atoms. The molecule has 1 aliphatic rings. The van der Waals surface area contributed by atoms with Crippen LogP contribution in [0, 0.1) is 11.8 Å². The van der Waals surface area contributed by atoms with E-state index in [0.717, 1.165) is 31.5 Å². The molecule has 2 rings (SSSR count). The third kappa shape index (κ3) is 6.60. The minimum Gasteiger partial charge on any atom is -0.375 e. The summed E-state index contributed by atoms with van der Waals surface area (Å²) in [7, 11) is 1.65. The number of carbonyl (C=O) groups excluding carboxylic acids is 1. The Morgan fingerprint density at radius 3 is 2.75 bits per heavy atom.